The summed E-state index contributed by atoms with van der Waals surface area (Å²) in [5, 5.41) is 0. The van der Waals surface area contributed by atoms with Crippen LogP contribution in [0.5, 0.6) is 0 Å². The molecule has 0 bridgehead atoms. The SMILES string of the molecule is CCC(CC)N(CC(C)C)C[C@H](C)N. The van der Waals surface area contributed by atoms with E-state index in [1.165, 1.54) is 19.4 Å². The quantitative estimate of drug-likeness (QED) is 0.684. The van der Waals surface area contributed by atoms with Gasteiger partial charge in [-0.15, -0.1) is 0 Å². The van der Waals surface area contributed by atoms with E-state index >= 15 is 0 Å². The first-order chi connectivity index (χ1) is 6.51. The van der Waals surface area contributed by atoms with Crippen LogP contribution in [0, 0.1) is 5.92 Å². The van der Waals surface area contributed by atoms with Crippen LogP contribution in [-0.4, -0.2) is 30.1 Å². The van der Waals surface area contributed by atoms with Gasteiger partial charge in [0.25, 0.3) is 0 Å². The summed E-state index contributed by atoms with van der Waals surface area (Å²) in [7, 11) is 0. The standard InChI is InChI=1S/C12H28N2/c1-6-12(7-2)14(8-10(3)4)9-11(5)13/h10-12H,6-9,13H2,1-5H3/t11-/m0/s1. The Hall–Kier alpha value is -0.0800. The van der Waals surface area contributed by atoms with Crippen molar-refractivity contribution < 1.29 is 0 Å². The van der Waals surface area contributed by atoms with E-state index in [-0.39, 0.29) is 6.04 Å². The zero-order chi connectivity index (χ0) is 11.1. The Kier molecular flexibility index (Phi) is 7.20. The lowest BCUT2D eigenvalue weighted by Gasteiger charge is -2.33. The molecule has 0 aliphatic heterocycles. The number of nitrogens with two attached hydrogens (primary N) is 1. The molecule has 2 heteroatoms. The summed E-state index contributed by atoms with van der Waals surface area (Å²) >= 11 is 0. The van der Waals surface area contributed by atoms with Gasteiger partial charge in [-0.25, -0.2) is 0 Å². The smallest absolute Gasteiger partial charge is 0.0139 e. The maximum Gasteiger partial charge on any atom is 0.0139 e. The second-order valence-corrected chi connectivity index (χ2v) is 4.80. The van der Waals surface area contributed by atoms with Crippen LogP contribution in [-0.2, 0) is 0 Å². The van der Waals surface area contributed by atoms with Gasteiger partial charge < -0.3 is 5.73 Å². The molecule has 86 valence electrons. The number of hydrogen-bond acceptors (Lipinski definition) is 2. The minimum absolute atomic E-state index is 0.286. The van der Waals surface area contributed by atoms with E-state index in [1.807, 2.05) is 0 Å². The maximum atomic E-state index is 5.87. The summed E-state index contributed by atoms with van der Waals surface area (Å²) in [6, 6.07) is 0.998. The first-order valence-electron chi connectivity index (χ1n) is 6.00. The topological polar surface area (TPSA) is 29.3 Å². The average molecular weight is 200 g/mol. The molecule has 0 rings (SSSR count). The van der Waals surface area contributed by atoms with Crippen molar-refractivity contribution in [3.63, 3.8) is 0 Å². The molecule has 0 aliphatic rings. The third-order valence-electron chi connectivity index (χ3n) is 2.58. The first kappa shape index (κ1) is 13.9. The van der Waals surface area contributed by atoms with Gasteiger partial charge in [0.15, 0.2) is 0 Å². The molecule has 0 aliphatic carbocycles. The highest BCUT2D eigenvalue weighted by Gasteiger charge is 2.16. The van der Waals surface area contributed by atoms with Crippen molar-refractivity contribution in [2.24, 2.45) is 11.7 Å². The lowest BCUT2D eigenvalue weighted by atomic mass is 10.1. The first-order valence-corrected chi connectivity index (χ1v) is 6.00. The van der Waals surface area contributed by atoms with Crippen molar-refractivity contribution in [1.82, 2.24) is 4.90 Å². The second-order valence-electron chi connectivity index (χ2n) is 4.80. The van der Waals surface area contributed by atoms with Crippen molar-refractivity contribution in [1.29, 1.82) is 0 Å². The zero-order valence-electron chi connectivity index (χ0n) is 10.6. The molecule has 0 aromatic heterocycles. The molecule has 0 saturated carbocycles. The molecule has 1 atom stereocenters. The average Bonchev–Trinajstić information content (AvgIpc) is 2.03. The Labute approximate surface area is 89.9 Å². The number of nitrogens with zero attached hydrogens (tertiary/aromatic N) is 1. The molecule has 0 saturated heterocycles. The summed E-state index contributed by atoms with van der Waals surface area (Å²) in [5.74, 6) is 0.731. The minimum atomic E-state index is 0.286. The van der Waals surface area contributed by atoms with Crippen LogP contribution < -0.4 is 5.73 Å². The van der Waals surface area contributed by atoms with Gasteiger partial charge in [-0.2, -0.15) is 0 Å². The van der Waals surface area contributed by atoms with E-state index < -0.39 is 0 Å². The Balaban J connectivity index is 4.20. The predicted octanol–water partition coefficient (Wildman–Crippen LogP) is 2.48. The normalized spacial score (nSPS) is 14.4. The highest BCUT2D eigenvalue weighted by atomic mass is 15.2. The van der Waals surface area contributed by atoms with E-state index in [1.54, 1.807) is 0 Å². The Morgan fingerprint density at radius 2 is 1.50 bits per heavy atom. The fraction of sp³-hybridized carbons (Fsp3) is 1.00. The van der Waals surface area contributed by atoms with Gasteiger partial charge >= 0.3 is 0 Å². The fourth-order valence-electron chi connectivity index (χ4n) is 2.02. The van der Waals surface area contributed by atoms with Crippen LogP contribution in [0.2, 0.25) is 0 Å². The van der Waals surface area contributed by atoms with Crippen molar-refractivity contribution in [3.8, 4) is 0 Å². The highest BCUT2D eigenvalue weighted by molar-refractivity contribution is 4.73. The van der Waals surface area contributed by atoms with Crippen molar-refractivity contribution in [2.45, 2.75) is 59.5 Å². The largest absolute Gasteiger partial charge is 0.327 e. The molecule has 14 heavy (non-hydrogen) atoms. The third-order valence-corrected chi connectivity index (χ3v) is 2.58. The molecule has 0 unspecified atom stereocenters. The van der Waals surface area contributed by atoms with E-state index in [4.69, 9.17) is 5.73 Å². The van der Waals surface area contributed by atoms with Crippen molar-refractivity contribution >= 4 is 0 Å². The van der Waals surface area contributed by atoms with Crippen molar-refractivity contribution in [3.05, 3.63) is 0 Å². The fourth-order valence-corrected chi connectivity index (χ4v) is 2.02. The third kappa shape index (κ3) is 5.61. The summed E-state index contributed by atoms with van der Waals surface area (Å²) in [4.78, 5) is 2.55. The van der Waals surface area contributed by atoms with Gasteiger partial charge in [-0.1, -0.05) is 27.7 Å². The zero-order valence-corrected chi connectivity index (χ0v) is 10.6. The van der Waals surface area contributed by atoms with Gasteiger partial charge in [0.2, 0.25) is 0 Å². The van der Waals surface area contributed by atoms with Gasteiger partial charge in [0.1, 0.15) is 0 Å². The van der Waals surface area contributed by atoms with Crippen LogP contribution in [0.25, 0.3) is 0 Å². The second kappa shape index (κ2) is 7.24. The summed E-state index contributed by atoms with van der Waals surface area (Å²) in [6.07, 6.45) is 2.46. The summed E-state index contributed by atoms with van der Waals surface area (Å²) in [6.45, 7) is 13.4. The van der Waals surface area contributed by atoms with Gasteiger partial charge in [-0.05, 0) is 25.7 Å². The lowest BCUT2D eigenvalue weighted by Crippen LogP contribution is -2.43. The van der Waals surface area contributed by atoms with Crippen LogP contribution in [0.4, 0.5) is 0 Å². The molecule has 2 N–H and O–H groups in total. The molecule has 0 aromatic rings. The van der Waals surface area contributed by atoms with E-state index in [0.29, 0.717) is 6.04 Å². The van der Waals surface area contributed by atoms with Crippen LogP contribution in [0.15, 0.2) is 0 Å². The lowest BCUT2D eigenvalue weighted by molar-refractivity contribution is 0.158. The molecule has 0 heterocycles. The molecule has 2 nitrogen and oxygen atoms in total. The van der Waals surface area contributed by atoms with Gasteiger partial charge in [0.05, 0.1) is 0 Å². The minimum Gasteiger partial charge on any atom is -0.327 e. The molecule has 0 fully saturated rings. The summed E-state index contributed by atoms with van der Waals surface area (Å²) < 4.78 is 0. The predicted molar refractivity (Wildman–Crippen MR) is 64.4 cm³/mol. The van der Waals surface area contributed by atoms with Crippen molar-refractivity contribution in [2.75, 3.05) is 13.1 Å². The van der Waals surface area contributed by atoms with Crippen LogP contribution in [0.1, 0.15) is 47.5 Å². The number of rotatable bonds is 7. The van der Waals surface area contributed by atoms with E-state index in [0.717, 1.165) is 12.5 Å². The molecular weight excluding hydrogens is 172 g/mol. The highest BCUT2D eigenvalue weighted by Crippen LogP contribution is 2.11. The maximum absolute atomic E-state index is 5.87. The number of hydrogen-bond donors (Lipinski definition) is 1. The Morgan fingerprint density at radius 1 is 1.00 bits per heavy atom. The molecular formula is C12H28N2. The van der Waals surface area contributed by atoms with Gasteiger partial charge in [0, 0.05) is 25.2 Å². The summed E-state index contributed by atoms with van der Waals surface area (Å²) in [5.41, 5.74) is 5.87. The van der Waals surface area contributed by atoms with E-state index in [2.05, 4.69) is 39.5 Å². The molecule has 0 spiro atoms. The molecule has 0 radical (unpaired) electrons. The van der Waals surface area contributed by atoms with E-state index in [9.17, 15) is 0 Å². The Morgan fingerprint density at radius 3 is 1.79 bits per heavy atom. The van der Waals surface area contributed by atoms with Crippen LogP contribution in [0.3, 0.4) is 0 Å². The Bertz CT molecular complexity index is 118. The van der Waals surface area contributed by atoms with Gasteiger partial charge in [-0.3, -0.25) is 4.90 Å². The van der Waals surface area contributed by atoms with Crippen LogP contribution >= 0.6 is 0 Å². The monoisotopic (exact) mass is 200 g/mol. The molecule has 0 aromatic carbocycles. The molecule has 0 amide bonds.